The van der Waals surface area contributed by atoms with Crippen molar-refractivity contribution in [3.05, 3.63) is 54.6 Å². The van der Waals surface area contributed by atoms with Gasteiger partial charge >= 0.3 is 0 Å². The molecule has 0 aliphatic heterocycles. The van der Waals surface area contributed by atoms with Crippen molar-refractivity contribution >= 4 is 22.5 Å². The first-order chi connectivity index (χ1) is 10.9. The molecular weight excluding hydrogens is 296 g/mol. The Morgan fingerprint density at radius 1 is 0.864 bits per heavy atom. The highest BCUT2D eigenvalue weighted by Crippen LogP contribution is 2.26. The number of para-hydroxylation sites is 1. The molecular formula is C18H17ClN2O. The standard InChI is InChI=1S/C18H17ClN2O/c19-12-6-7-13-22-18-15-10-4-5-11-16(15)20-17(21-18)14-8-2-1-3-9-14/h1-5,8-11H,6-7,12-13H2. The molecule has 4 heteroatoms. The largest absolute Gasteiger partial charge is 0.477 e. The summed E-state index contributed by atoms with van der Waals surface area (Å²) in [6.45, 7) is 0.613. The number of halogens is 1. The first-order valence-electron chi connectivity index (χ1n) is 7.39. The first kappa shape index (κ1) is 14.8. The van der Waals surface area contributed by atoms with E-state index in [1.54, 1.807) is 0 Å². The zero-order valence-corrected chi connectivity index (χ0v) is 13.0. The van der Waals surface area contributed by atoms with Crippen LogP contribution < -0.4 is 4.74 Å². The smallest absolute Gasteiger partial charge is 0.225 e. The molecule has 1 heterocycles. The fourth-order valence-electron chi connectivity index (χ4n) is 2.24. The highest BCUT2D eigenvalue weighted by molar-refractivity contribution is 6.17. The molecule has 0 saturated carbocycles. The maximum absolute atomic E-state index is 5.87. The number of ether oxygens (including phenoxy) is 1. The van der Waals surface area contributed by atoms with Crippen LogP contribution in [-0.2, 0) is 0 Å². The van der Waals surface area contributed by atoms with Crippen molar-refractivity contribution in [3.63, 3.8) is 0 Å². The zero-order chi connectivity index (χ0) is 15.2. The quantitative estimate of drug-likeness (QED) is 0.489. The van der Waals surface area contributed by atoms with Gasteiger partial charge in [-0.05, 0) is 25.0 Å². The molecule has 112 valence electrons. The van der Waals surface area contributed by atoms with E-state index in [0.717, 1.165) is 29.3 Å². The van der Waals surface area contributed by atoms with Crippen LogP contribution in [0.1, 0.15) is 12.8 Å². The number of rotatable bonds is 6. The molecule has 0 aliphatic rings. The lowest BCUT2D eigenvalue weighted by Crippen LogP contribution is -2.02. The Labute approximate surface area is 134 Å². The number of unbranched alkanes of at least 4 members (excludes halogenated alkanes) is 1. The number of fused-ring (bicyclic) bond motifs is 1. The third-order valence-electron chi connectivity index (χ3n) is 3.37. The van der Waals surface area contributed by atoms with Gasteiger partial charge in [0.25, 0.3) is 0 Å². The van der Waals surface area contributed by atoms with Gasteiger partial charge in [0.1, 0.15) is 0 Å². The van der Waals surface area contributed by atoms with Crippen molar-refractivity contribution in [3.8, 4) is 17.3 Å². The van der Waals surface area contributed by atoms with Crippen molar-refractivity contribution < 1.29 is 4.74 Å². The van der Waals surface area contributed by atoms with E-state index in [9.17, 15) is 0 Å². The van der Waals surface area contributed by atoms with E-state index in [1.807, 2.05) is 54.6 Å². The first-order valence-corrected chi connectivity index (χ1v) is 7.93. The normalized spacial score (nSPS) is 10.8. The fraction of sp³-hybridized carbons (Fsp3) is 0.222. The van der Waals surface area contributed by atoms with Crippen LogP contribution >= 0.6 is 11.6 Å². The average molecular weight is 313 g/mol. The van der Waals surface area contributed by atoms with Gasteiger partial charge in [-0.1, -0.05) is 42.5 Å². The predicted octanol–water partition coefficient (Wildman–Crippen LogP) is 4.69. The Kier molecular flexibility index (Phi) is 4.86. The lowest BCUT2D eigenvalue weighted by atomic mass is 10.2. The summed E-state index contributed by atoms with van der Waals surface area (Å²) in [6.07, 6.45) is 1.86. The molecule has 22 heavy (non-hydrogen) atoms. The summed E-state index contributed by atoms with van der Waals surface area (Å²) >= 11 is 5.70. The Bertz CT molecular complexity index is 746. The third kappa shape index (κ3) is 3.37. The molecule has 2 aromatic carbocycles. The number of benzene rings is 2. The number of hydrogen-bond donors (Lipinski definition) is 0. The van der Waals surface area contributed by atoms with Crippen molar-refractivity contribution in [1.29, 1.82) is 0 Å². The topological polar surface area (TPSA) is 35.0 Å². The van der Waals surface area contributed by atoms with Gasteiger partial charge in [0.2, 0.25) is 5.88 Å². The molecule has 0 fully saturated rings. The SMILES string of the molecule is ClCCCCOc1nc(-c2ccccc2)nc2ccccc12. The fourth-order valence-corrected chi connectivity index (χ4v) is 2.43. The molecule has 3 aromatic rings. The molecule has 0 aliphatic carbocycles. The Hall–Kier alpha value is -2.13. The summed E-state index contributed by atoms with van der Waals surface area (Å²) in [7, 11) is 0. The van der Waals surface area contributed by atoms with Gasteiger partial charge in [-0.2, -0.15) is 4.98 Å². The van der Waals surface area contributed by atoms with E-state index < -0.39 is 0 Å². The predicted molar refractivity (Wildman–Crippen MR) is 90.4 cm³/mol. The van der Waals surface area contributed by atoms with Gasteiger partial charge in [-0.25, -0.2) is 4.98 Å². The minimum absolute atomic E-state index is 0.613. The van der Waals surface area contributed by atoms with Crippen LogP contribution in [0, 0.1) is 0 Å². The monoisotopic (exact) mass is 312 g/mol. The number of aromatic nitrogens is 2. The van der Waals surface area contributed by atoms with Crippen LogP contribution in [0.25, 0.3) is 22.3 Å². The van der Waals surface area contributed by atoms with E-state index in [0.29, 0.717) is 24.2 Å². The maximum Gasteiger partial charge on any atom is 0.225 e. The second-order valence-electron chi connectivity index (χ2n) is 4.98. The van der Waals surface area contributed by atoms with E-state index in [-0.39, 0.29) is 0 Å². The van der Waals surface area contributed by atoms with Crippen LogP contribution in [0.3, 0.4) is 0 Å². The number of hydrogen-bond acceptors (Lipinski definition) is 3. The van der Waals surface area contributed by atoms with Gasteiger partial charge in [0, 0.05) is 11.4 Å². The van der Waals surface area contributed by atoms with Gasteiger partial charge in [0.05, 0.1) is 17.5 Å². The number of nitrogens with zero attached hydrogens (tertiary/aromatic N) is 2. The van der Waals surface area contributed by atoms with E-state index in [2.05, 4.69) is 9.97 Å². The van der Waals surface area contributed by atoms with Gasteiger partial charge < -0.3 is 4.74 Å². The van der Waals surface area contributed by atoms with Crippen LogP contribution in [0.2, 0.25) is 0 Å². The Morgan fingerprint density at radius 2 is 1.64 bits per heavy atom. The van der Waals surface area contributed by atoms with Crippen LogP contribution in [0.15, 0.2) is 54.6 Å². The lowest BCUT2D eigenvalue weighted by Gasteiger charge is -2.10. The Morgan fingerprint density at radius 3 is 2.45 bits per heavy atom. The molecule has 0 unspecified atom stereocenters. The highest BCUT2D eigenvalue weighted by atomic mass is 35.5. The third-order valence-corrected chi connectivity index (χ3v) is 3.63. The summed E-state index contributed by atoms with van der Waals surface area (Å²) in [6, 6.07) is 17.9. The molecule has 0 bridgehead atoms. The molecule has 0 saturated heterocycles. The summed E-state index contributed by atoms with van der Waals surface area (Å²) < 4.78 is 5.87. The minimum Gasteiger partial charge on any atom is -0.477 e. The molecule has 0 atom stereocenters. The van der Waals surface area contributed by atoms with Crippen molar-refractivity contribution in [2.75, 3.05) is 12.5 Å². The minimum atomic E-state index is 0.613. The Balaban J connectivity index is 1.97. The van der Waals surface area contributed by atoms with Crippen LogP contribution in [0.4, 0.5) is 0 Å². The second-order valence-corrected chi connectivity index (χ2v) is 5.36. The summed E-state index contributed by atoms with van der Waals surface area (Å²) in [5.74, 6) is 1.98. The van der Waals surface area contributed by atoms with Gasteiger partial charge in [0.15, 0.2) is 5.82 Å². The molecule has 1 aromatic heterocycles. The van der Waals surface area contributed by atoms with Crippen molar-refractivity contribution in [1.82, 2.24) is 9.97 Å². The van der Waals surface area contributed by atoms with E-state index in [1.165, 1.54) is 0 Å². The molecule has 0 N–H and O–H groups in total. The second kappa shape index (κ2) is 7.23. The summed E-state index contributed by atoms with van der Waals surface area (Å²) in [4.78, 5) is 9.24. The molecule has 3 nitrogen and oxygen atoms in total. The molecule has 0 spiro atoms. The molecule has 0 amide bonds. The average Bonchev–Trinajstić information content (AvgIpc) is 2.59. The zero-order valence-electron chi connectivity index (χ0n) is 12.2. The highest BCUT2D eigenvalue weighted by Gasteiger charge is 2.09. The van der Waals surface area contributed by atoms with Crippen molar-refractivity contribution in [2.24, 2.45) is 0 Å². The summed E-state index contributed by atoms with van der Waals surface area (Å²) in [5.41, 5.74) is 1.88. The van der Waals surface area contributed by atoms with E-state index >= 15 is 0 Å². The summed E-state index contributed by atoms with van der Waals surface area (Å²) in [5, 5.41) is 0.938. The van der Waals surface area contributed by atoms with Gasteiger partial charge in [-0.15, -0.1) is 11.6 Å². The molecule has 3 rings (SSSR count). The van der Waals surface area contributed by atoms with Crippen LogP contribution in [0.5, 0.6) is 5.88 Å². The molecule has 0 radical (unpaired) electrons. The van der Waals surface area contributed by atoms with E-state index in [4.69, 9.17) is 16.3 Å². The maximum atomic E-state index is 5.87. The number of alkyl halides is 1. The van der Waals surface area contributed by atoms with Crippen LogP contribution in [-0.4, -0.2) is 22.5 Å². The van der Waals surface area contributed by atoms with Gasteiger partial charge in [-0.3, -0.25) is 0 Å². The van der Waals surface area contributed by atoms with Crippen molar-refractivity contribution in [2.45, 2.75) is 12.8 Å². The lowest BCUT2D eigenvalue weighted by molar-refractivity contribution is 0.302.